The van der Waals surface area contributed by atoms with Crippen molar-refractivity contribution in [3.63, 3.8) is 0 Å². The molecular formula is C14H21BrN2O2S. The van der Waals surface area contributed by atoms with Gasteiger partial charge in [0.1, 0.15) is 5.60 Å². The van der Waals surface area contributed by atoms with Crippen LogP contribution in [-0.4, -0.2) is 23.8 Å². The van der Waals surface area contributed by atoms with Crippen molar-refractivity contribution < 1.29 is 9.53 Å². The van der Waals surface area contributed by atoms with Crippen LogP contribution in [0.2, 0.25) is 0 Å². The molecule has 1 aromatic rings. The molecule has 3 unspecified atom stereocenters. The number of thiophene rings is 1. The molecule has 3 atom stereocenters. The van der Waals surface area contributed by atoms with E-state index in [2.05, 4.69) is 44.9 Å². The highest BCUT2D eigenvalue weighted by Gasteiger charge is 2.40. The van der Waals surface area contributed by atoms with E-state index in [-0.39, 0.29) is 12.1 Å². The minimum atomic E-state index is -0.446. The molecule has 112 valence electrons. The molecule has 0 spiro atoms. The van der Waals surface area contributed by atoms with Gasteiger partial charge in [0.25, 0.3) is 0 Å². The summed E-state index contributed by atoms with van der Waals surface area (Å²) in [6, 6.07) is 2.93. The Morgan fingerprint density at radius 3 is 2.75 bits per heavy atom. The zero-order chi connectivity index (χ0) is 14.9. The number of carbonyl (C=O) groups excluding carboxylic acids is 1. The second-order valence-corrected chi connectivity index (χ2v) is 8.01. The van der Waals surface area contributed by atoms with Gasteiger partial charge in [-0.25, -0.2) is 4.79 Å². The van der Waals surface area contributed by atoms with Gasteiger partial charge in [-0.15, -0.1) is 11.3 Å². The van der Waals surface area contributed by atoms with E-state index in [1.54, 1.807) is 11.3 Å². The Bertz CT molecular complexity index is 484. The zero-order valence-electron chi connectivity index (χ0n) is 12.2. The smallest absolute Gasteiger partial charge is 0.407 e. The lowest BCUT2D eigenvalue weighted by molar-refractivity contribution is 0.0522. The highest BCUT2D eigenvalue weighted by molar-refractivity contribution is 9.10. The molecule has 1 amide bonds. The normalized spacial score (nSPS) is 23.2. The van der Waals surface area contributed by atoms with Crippen LogP contribution < -0.4 is 10.6 Å². The molecule has 1 aromatic heterocycles. The molecule has 0 aromatic carbocycles. The van der Waals surface area contributed by atoms with Crippen molar-refractivity contribution in [2.24, 2.45) is 0 Å². The topological polar surface area (TPSA) is 50.4 Å². The molecule has 1 aliphatic carbocycles. The van der Waals surface area contributed by atoms with E-state index >= 15 is 0 Å². The molecule has 6 heteroatoms. The van der Waals surface area contributed by atoms with E-state index in [0.29, 0.717) is 12.1 Å². The number of carbonyl (C=O) groups is 1. The number of halogens is 1. The number of hydrogen-bond donors (Lipinski definition) is 2. The Kier molecular flexibility index (Phi) is 4.76. The summed E-state index contributed by atoms with van der Waals surface area (Å²) in [5.74, 6) is 0. The van der Waals surface area contributed by atoms with E-state index in [1.807, 2.05) is 20.8 Å². The van der Waals surface area contributed by atoms with Crippen LogP contribution in [0.5, 0.6) is 0 Å². The minimum Gasteiger partial charge on any atom is -0.444 e. The number of rotatable bonds is 4. The van der Waals surface area contributed by atoms with Crippen molar-refractivity contribution in [1.82, 2.24) is 10.6 Å². The first kappa shape index (κ1) is 15.8. The fraction of sp³-hybridized carbons (Fsp3) is 0.643. The van der Waals surface area contributed by atoms with Crippen molar-refractivity contribution >= 4 is 33.4 Å². The lowest BCUT2D eigenvalue weighted by Crippen LogP contribution is -2.37. The Balaban J connectivity index is 1.74. The van der Waals surface area contributed by atoms with Crippen molar-refractivity contribution in [3.8, 4) is 0 Å². The summed E-state index contributed by atoms with van der Waals surface area (Å²) >= 11 is 5.19. The predicted octanol–water partition coefficient (Wildman–Crippen LogP) is 3.83. The van der Waals surface area contributed by atoms with Gasteiger partial charge in [0, 0.05) is 32.9 Å². The van der Waals surface area contributed by atoms with E-state index in [9.17, 15) is 4.79 Å². The fourth-order valence-electron chi connectivity index (χ4n) is 1.96. The number of alkyl carbamates (subject to hydrolysis) is 1. The molecule has 0 bridgehead atoms. The van der Waals surface area contributed by atoms with E-state index in [0.717, 1.165) is 10.9 Å². The minimum absolute atomic E-state index is 0.177. The van der Waals surface area contributed by atoms with Crippen LogP contribution in [-0.2, 0) is 4.74 Å². The molecule has 4 nitrogen and oxygen atoms in total. The average molecular weight is 361 g/mol. The third-order valence-corrected chi connectivity index (χ3v) is 4.85. The van der Waals surface area contributed by atoms with Crippen LogP contribution in [0, 0.1) is 0 Å². The van der Waals surface area contributed by atoms with Gasteiger partial charge in [0.15, 0.2) is 0 Å². The highest BCUT2D eigenvalue weighted by Crippen LogP contribution is 2.29. The Morgan fingerprint density at radius 2 is 2.20 bits per heavy atom. The fourth-order valence-corrected chi connectivity index (χ4v) is 3.42. The summed E-state index contributed by atoms with van der Waals surface area (Å²) in [4.78, 5) is 12.9. The van der Waals surface area contributed by atoms with E-state index in [1.165, 1.54) is 4.88 Å². The second kappa shape index (κ2) is 6.03. The Morgan fingerprint density at radius 1 is 1.50 bits per heavy atom. The van der Waals surface area contributed by atoms with Gasteiger partial charge in [-0.05, 0) is 56.1 Å². The molecule has 1 aliphatic rings. The van der Waals surface area contributed by atoms with E-state index < -0.39 is 5.60 Å². The van der Waals surface area contributed by atoms with Gasteiger partial charge >= 0.3 is 6.09 Å². The highest BCUT2D eigenvalue weighted by atomic mass is 79.9. The van der Waals surface area contributed by atoms with Gasteiger partial charge in [0.2, 0.25) is 0 Å². The summed E-state index contributed by atoms with van der Waals surface area (Å²) in [7, 11) is 0. The number of ether oxygens (including phenoxy) is 1. The second-order valence-electron chi connectivity index (χ2n) is 6.15. The zero-order valence-corrected chi connectivity index (χ0v) is 14.6. The van der Waals surface area contributed by atoms with E-state index in [4.69, 9.17) is 4.74 Å². The third-order valence-electron chi connectivity index (χ3n) is 2.97. The lowest BCUT2D eigenvalue weighted by atomic mass is 10.2. The largest absolute Gasteiger partial charge is 0.444 e. The van der Waals surface area contributed by atoms with Gasteiger partial charge in [-0.1, -0.05) is 0 Å². The van der Waals surface area contributed by atoms with Crippen LogP contribution in [0.3, 0.4) is 0 Å². The van der Waals surface area contributed by atoms with Crippen molar-refractivity contribution in [2.45, 2.75) is 57.8 Å². The van der Waals surface area contributed by atoms with Gasteiger partial charge in [-0.3, -0.25) is 0 Å². The van der Waals surface area contributed by atoms with Gasteiger partial charge in [-0.2, -0.15) is 0 Å². The SMILES string of the molecule is CC(NC1CC1NC(=O)OC(C)(C)C)c1cc(Br)cs1. The molecule has 20 heavy (non-hydrogen) atoms. The molecule has 0 radical (unpaired) electrons. The van der Waals surface area contributed by atoms with Crippen LogP contribution in [0.15, 0.2) is 15.9 Å². The molecule has 2 rings (SSSR count). The quantitative estimate of drug-likeness (QED) is 0.857. The third kappa shape index (κ3) is 4.75. The first-order valence-corrected chi connectivity index (χ1v) is 8.41. The number of amides is 1. The van der Waals surface area contributed by atoms with Gasteiger partial charge < -0.3 is 15.4 Å². The van der Waals surface area contributed by atoms with Crippen molar-refractivity contribution in [1.29, 1.82) is 0 Å². The molecule has 0 saturated heterocycles. The standard InChI is InChI=1S/C14H21BrN2O2S/c1-8(12-5-9(15)7-20-12)16-10-6-11(10)17-13(18)19-14(2,3)4/h5,7-8,10-11,16H,6H2,1-4H3,(H,17,18). The summed E-state index contributed by atoms with van der Waals surface area (Å²) < 4.78 is 6.36. The van der Waals surface area contributed by atoms with Crippen molar-refractivity contribution in [2.75, 3.05) is 0 Å². The average Bonchev–Trinajstić information content (AvgIpc) is 2.83. The molecule has 0 aliphatic heterocycles. The molecule has 1 fully saturated rings. The van der Waals surface area contributed by atoms with Crippen LogP contribution in [0.25, 0.3) is 0 Å². The predicted molar refractivity (Wildman–Crippen MR) is 85.1 cm³/mol. The van der Waals surface area contributed by atoms with Crippen LogP contribution >= 0.6 is 27.3 Å². The maximum absolute atomic E-state index is 11.6. The number of nitrogens with one attached hydrogen (secondary N) is 2. The Hall–Kier alpha value is -0.590. The molecule has 1 saturated carbocycles. The lowest BCUT2D eigenvalue weighted by Gasteiger charge is -2.20. The summed E-state index contributed by atoms with van der Waals surface area (Å²) in [5.41, 5.74) is -0.446. The summed E-state index contributed by atoms with van der Waals surface area (Å²) in [5, 5.41) is 8.49. The first-order valence-electron chi connectivity index (χ1n) is 6.74. The molecular weight excluding hydrogens is 340 g/mol. The first-order chi connectivity index (χ1) is 9.24. The maximum atomic E-state index is 11.6. The Labute approximate surface area is 132 Å². The van der Waals surface area contributed by atoms with Crippen molar-refractivity contribution in [3.05, 3.63) is 20.8 Å². The maximum Gasteiger partial charge on any atom is 0.407 e. The van der Waals surface area contributed by atoms with Crippen LogP contribution in [0.1, 0.15) is 45.0 Å². The summed E-state index contributed by atoms with van der Waals surface area (Å²) in [6.45, 7) is 7.74. The van der Waals surface area contributed by atoms with Crippen LogP contribution in [0.4, 0.5) is 4.79 Å². The van der Waals surface area contributed by atoms with Gasteiger partial charge in [0.05, 0.1) is 0 Å². The monoisotopic (exact) mass is 360 g/mol. The summed E-state index contributed by atoms with van der Waals surface area (Å²) in [6.07, 6.45) is 0.620. The number of hydrogen-bond acceptors (Lipinski definition) is 4. The molecule has 2 N–H and O–H groups in total. The molecule has 1 heterocycles.